The van der Waals surface area contributed by atoms with Crippen LogP contribution in [-0.4, -0.2) is 79.1 Å². The second-order valence-corrected chi connectivity index (χ2v) is 10.9. The number of halogens is 4. The van der Waals surface area contributed by atoms with Crippen LogP contribution >= 0.6 is 11.6 Å². The zero-order chi connectivity index (χ0) is 27.4. The number of alkyl halides is 3. The second kappa shape index (κ2) is 12.3. The lowest BCUT2D eigenvalue weighted by molar-refractivity contribution is -0.138. The van der Waals surface area contributed by atoms with E-state index in [2.05, 4.69) is 31.6 Å². The number of nitrogens with zero attached hydrogens (tertiary/aromatic N) is 5. The summed E-state index contributed by atoms with van der Waals surface area (Å²) < 4.78 is 42.0. The van der Waals surface area contributed by atoms with E-state index >= 15 is 0 Å². The summed E-state index contributed by atoms with van der Waals surface area (Å²) in [7, 11) is 2.09. The average molecular weight is 558 g/mol. The van der Waals surface area contributed by atoms with Crippen molar-refractivity contribution in [3.05, 3.63) is 94.3 Å². The van der Waals surface area contributed by atoms with E-state index in [4.69, 9.17) is 11.6 Å². The number of likely N-dealkylation sites (N-methyl/N-ethyl adjacent to an activating group) is 1. The largest absolute Gasteiger partial charge is 0.416 e. The molecular formula is C30H35ClF3N5. The van der Waals surface area contributed by atoms with E-state index < -0.39 is 11.7 Å². The Labute approximate surface area is 233 Å². The molecule has 0 spiro atoms. The van der Waals surface area contributed by atoms with Gasteiger partial charge in [-0.05, 0) is 73.6 Å². The Morgan fingerprint density at radius 3 is 2.33 bits per heavy atom. The van der Waals surface area contributed by atoms with Crippen LogP contribution in [0.5, 0.6) is 0 Å². The molecule has 0 radical (unpaired) electrons. The van der Waals surface area contributed by atoms with Gasteiger partial charge in [0.2, 0.25) is 0 Å². The summed E-state index contributed by atoms with van der Waals surface area (Å²) in [4.78, 5) is 13.6. The first-order valence-electron chi connectivity index (χ1n) is 13.5. The van der Waals surface area contributed by atoms with Crippen molar-refractivity contribution in [1.82, 2.24) is 19.7 Å². The Hall–Kier alpha value is -2.65. The Bertz CT molecular complexity index is 1210. The first-order valence-corrected chi connectivity index (χ1v) is 13.9. The minimum absolute atomic E-state index is 0.0409. The normalized spacial score (nSPS) is 19.2. The molecule has 1 unspecified atom stereocenters. The number of pyridine rings is 1. The summed E-state index contributed by atoms with van der Waals surface area (Å²) in [6.07, 6.45) is -1.59. The van der Waals surface area contributed by atoms with Gasteiger partial charge < -0.3 is 9.80 Å². The lowest BCUT2D eigenvalue weighted by Gasteiger charge is -2.39. The molecule has 5 rings (SSSR count). The molecule has 3 aromatic rings. The van der Waals surface area contributed by atoms with Crippen molar-refractivity contribution in [2.45, 2.75) is 25.2 Å². The van der Waals surface area contributed by atoms with Crippen LogP contribution in [0.4, 0.5) is 18.9 Å². The minimum atomic E-state index is -4.38. The van der Waals surface area contributed by atoms with Crippen molar-refractivity contribution in [2.75, 3.05) is 64.3 Å². The maximum Gasteiger partial charge on any atom is 0.416 e. The molecule has 0 bridgehead atoms. The lowest BCUT2D eigenvalue weighted by Crippen LogP contribution is -2.47. The molecule has 0 N–H and O–H groups in total. The third kappa shape index (κ3) is 6.92. The number of hydrogen-bond acceptors (Lipinski definition) is 5. The van der Waals surface area contributed by atoms with Crippen molar-refractivity contribution < 1.29 is 13.2 Å². The van der Waals surface area contributed by atoms with Gasteiger partial charge in [-0.2, -0.15) is 13.2 Å². The molecule has 39 heavy (non-hydrogen) atoms. The first-order chi connectivity index (χ1) is 18.8. The van der Waals surface area contributed by atoms with Crippen LogP contribution < -0.4 is 4.90 Å². The molecule has 1 atom stereocenters. The van der Waals surface area contributed by atoms with Gasteiger partial charge in [-0.15, -0.1) is 0 Å². The van der Waals surface area contributed by atoms with Gasteiger partial charge >= 0.3 is 6.18 Å². The Balaban J connectivity index is 1.32. The SMILES string of the molecule is CN1CCCN(c2ccc(C(F)(F)F)c(CN3CCN(C(c4ccc(Cl)cc4)c4ccccn4)CC3)c2)CC1. The summed E-state index contributed by atoms with van der Waals surface area (Å²) in [5, 5.41) is 0.679. The maximum atomic E-state index is 14.0. The third-order valence-corrected chi connectivity index (χ3v) is 8.05. The molecule has 1 aromatic heterocycles. The van der Waals surface area contributed by atoms with Crippen molar-refractivity contribution >= 4 is 17.3 Å². The molecule has 2 aromatic carbocycles. The number of hydrogen-bond donors (Lipinski definition) is 0. The topological polar surface area (TPSA) is 25.9 Å². The first kappa shape index (κ1) is 27.9. The van der Waals surface area contributed by atoms with E-state index in [9.17, 15) is 13.2 Å². The predicted molar refractivity (Wildman–Crippen MR) is 150 cm³/mol. The lowest BCUT2D eigenvalue weighted by atomic mass is 10.00. The third-order valence-electron chi connectivity index (χ3n) is 7.80. The smallest absolute Gasteiger partial charge is 0.370 e. The van der Waals surface area contributed by atoms with E-state index in [1.165, 1.54) is 6.07 Å². The number of rotatable bonds is 6. The van der Waals surface area contributed by atoms with E-state index in [-0.39, 0.29) is 12.6 Å². The fraction of sp³-hybridized carbons (Fsp3) is 0.433. The zero-order valence-electron chi connectivity index (χ0n) is 22.2. The molecule has 0 saturated carbocycles. The van der Waals surface area contributed by atoms with Gasteiger partial charge in [0, 0.05) is 69.3 Å². The van der Waals surface area contributed by atoms with Gasteiger partial charge in [0.25, 0.3) is 0 Å². The van der Waals surface area contributed by atoms with E-state index in [0.29, 0.717) is 23.7 Å². The van der Waals surface area contributed by atoms with Crippen LogP contribution in [0, 0.1) is 0 Å². The van der Waals surface area contributed by atoms with Gasteiger partial charge in [-0.1, -0.05) is 29.8 Å². The molecule has 2 aliphatic rings. The average Bonchev–Trinajstić information content (AvgIpc) is 3.15. The summed E-state index contributed by atoms with van der Waals surface area (Å²) in [5.74, 6) is 0. The van der Waals surface area contributed by atoms with E-state index in [0.717, 1.165) is 62.6 Å². The number of anilines is 1. The standard InChI is InChI=1S/C30H35ClF3N5/c1-36-13-4-14-38(18-15-36)26-10-11-27(30(32,33)34)24(21-26)22-37-16-19-39(20-17-37)29(28-5-2-3-12-35-28)23-6-8-25(31)9-7-23/h2-3,5-12,21,29H,4,13-20,22H2,1H3. The van der Waals surface area contributed by atoms with Crippen molar-refractivity contribution in [3.8, 4) is 0 Å². The monoisotopic (exact) mass is 557 g/mol. The molecule has 3 heterocycles. The molecule has 2 saturated heterocycles. The molecule has 5 nitrogen and oxygen atoms in total. The molecule has 0 amide bonds. The van der Waals surface area contributed by atoms with Gasteiger partial charge in [-0.3, -0.25) is 14.8 Å². The highest BCUT2D eigenvalue weighted by atomic mass is 35.5. The fourth-order valence-corrected chi connectivity index (χ4v) is 5.79. The van der Waals surface area contributed by atoms with Crippen LogP contribution in [0.3, 0.4) is 0 Å². The van der Waals surface area contributed by atoms with Crippen molar-refractivity contribution in [3.63, 3.8) is 0 Å². The Morgan fingerprint density at radius 2 is 1.64 bits per heavy atom. The zero-order valence-corrected chi connectivity index (χ0v) is 23.0. The van der Waals surface area contributed by atoms with Gasteiger partial charge in [-0.25, -0.2) is 0 Å². The van der Waals surface area contributed by atoms with Gasteiger partial charge in [0.1, 0.15) is 0 Å². The van der Waals surface area contributed by atoms with Crippen LogP contribution in [0.1, 0.15) is 34.8 Å². The number of benzene rings is 2. The molecule has 2 fully saturated rings. The fourth-order valence-electron chi connectivity index (χ4n) is 5.66. The van der Waals surface area contributed by atoms with Crippen LogP contribution in [0.15, 0.2) is 66.9 Å². The minimum Gasteiger partial charge on any atom is -0.370 e. The predicted octanol–water partition coefficient (Wildman–Crippen LogP) is 5.80. The Kier molecular flexibility index (Phi) is 8.76. The van der Waals surface area contributed by atoms with Gasteiger partial charge in [0.05, 0.1) is 17.3 Å². The molecule has 9 heteroatoms. The highest BCUT2D eigenvalue weighted by Gasteiger charge is 2.35. The number of aromatic nitrogens is 1. The van der Waals surface area contributed by atoms with Crippen LogP contribution in [0.2, 0.25) is 5.02 Å². The summed E-state index contributed by atoms with van der Waals surface area (Å²) in [6, 6.07) is 18.4. The molecular weight excluding hydrogens is 523 g/mol. The summed E-state index contributed by atoms with van der Waals surface area (Å²) in [5.41, 5.74) is 2.74. The molecule has 2 aliphatic heterocycles. The number of piperazine rings is 1. The van der Waals surface area contributed by atoms with Crippen molar-refractivity contribution in [2.24, 2.45) is 0 Å². The summed E-state index contributed by atoms with van der Waals surface area (Å²) >= 11 is 6.14. The summed E-state index contributed by atoms with van der Waals surface area (Å²) in [6.45, 7) is 6.66. The maximum absolute atomic E-state index is 14.0. The van der Waals surface area contributed by atoms with E-state index in [1.807, 2.05) is 42.5 Å². The van der Waals surface area contributed by atoms with Crippen LogP contribution in [-0.2, 0) is 12.7 Å². The molecule has 0 aliphatic carbocycles. The van der Waals surface area contributed by atoms with Gasteiger partial charge in [0.15, 0.2) is 0 Å². The second-order valence-electron chi connectivity index (χ2n) is 10.5. The van der Waals surface area contributed by atoms with Crippen LogP contribution in [0.25, 0.3) is 0 Å². The quantitative estimate of drug-likeness (QED) is 0.381. The van der Waals surface area contributed by atoms with E-state index in [1.54, 1.807) is 18.3 Å². The Morgan fingerprint density at radius 1 is 0.872 bits per heavy atom. The highest BCUT2D eigenvalue weighted by Crippen LogP contribution is 2.36. The van der Waals surface area contributed by atoms with Crippen molar-refractivity contribution in [1.29, 1.82) is 0 Å². The molecule has 208 valence electrons. The highest BCUT2D eigenvalue weighted by molar-refractivity contribution is 6.30.